The van der Waals surface area contributed by atoms with E-state index in [0.29, 0.717) is 21.1 Å². The zero-order valence-electron chi connectivity index (χ0n) is 9.18. The van der Waals surface area contributed by atoms with Crippen LogP contribution in [0.25, 0.3) is 0 Å². The molecule has 0 radical (unpaired) electrons. The molecular formula is C13H9BrCl2FN. The molecule has 0 bridgehead atoms. The molecule has 0 unspecified atom stereocenters. The molecule has 0 aliphatic carbocycles. The summed E-state index contributed by atoms with van der Waals surface area (Å²) in [7, 11) is 0. The summed E-state index contributed by atoms with van der Waals surface area (Å²) in [5.41, 5.74) is 1.70. The van der Waals surface area contributed by atoms with Crippen LogP contribution in [-0.2, 0) is 6.54 Å². The number of hydrogen-bond donors (Lipinski definition) is 1. The Kier molecular flexibility index (Phi) is 4.49. The van der Waals surface area contributed by atoms with Gasteiger partial charge in [0.15, 0.2) is 0 Å². The molecule has 0 saturated heterocycles. The highest BCUT2D eigenvalue weighted by Gasteiger charge is 2.03. The second kappa shape index (κ2) is 5.91. The summed E-state index contributed by atoms with van der Waals surface area (Å²) >= 11 is 15.1. The van der Waals surface area contributed by atoms with Gasteiger partial charge in [0.2, 0.25) is 0 Å². The average Bonchev–Trinajstić information content (AvgIpc) is 2.34. The van der Waals surface area contributed by atoms with Crippen molar-refractivity contribution in [1.29, 1.82) is 0 Å². The monoisotopic (exact) mass is 347 g/mol. The topological polar surface area (TPSA) is 12.0 Å². The number of halogens is 4. The van der Waals surface area contributed by atoms with Gasteiger partial charge in [0.05, 0.1) is 4.47 Å². The quantitative estimate of drug-likeness (QED) is 0.771. The lowest BCUT2D eigenvalue weighted by Gasteiger charge is -2.09. The maximum atomic E-state index is 13.1. The number of anilines is 1. The Labute approximate surface area is 123 Å². The average molecular weight is 349 g/mol. The number of nitrogens with one attached hydrogen (secondary N) is 1. The molecule has 1 nitrogen and oxygen atoms in total. The van der Waals surface area contributed by atoms with Gasteiger partial charge < -0.3 is 5.32 Å². The Balaban J connectivity index is 2.11. The van der Waals surface area contributed by atoms with Gasteiger partial charge in [-0.3, -0.25) is 0 Å². The van der Waals surface area contributed by atoms with Gasteiger partial charge in [0.25, 0.3) is 0 Å². The van der Waals surface area contributed by atoms with E-state index in [0.717, 1.165) is 11.3 Å². The fraction of sp³-hybridized carbons (Fsp3) is 0.0769. The fourth-order valence-corrected chi connectivity index (χ4v) is 2.24. The third-order valence-electron chi connectivity index (χ3n) is 2.41. The van der Waals surface area contributed by atoms with Gasteiger partial charge in [-0.1, -0.05) is 23.2 Å². The second-order valence-electron chi connectivity index (χ2n) is 3.72. The summed E-state index contributed by atoms with van der Waals surface area (Å²) < 4.78 is 13.5. The van der Waals surface area contributed by atoms with Crippen LogP contribution in [0.1, 0.15) is 5.56 Å². The molecule has 18 heavy (non-hydrogen) atoms. The van der Waals surface area contributed by atoms with Crippen molar-refractivity contribution in [2.75, 3.05) is 5.32 Å². The van der Waals surface area contributed by atoms with Crippen LogP contribution in [0.5, 0.6) is 0 Å². The van der Waals surface area contributed by atoms with Crippen LogP contribution in [0.4, 0.5) is 10.1 Å². The van der Waals surface area contributed by atoms with Crippen molar-refractivity contribution < 1.29 is 4.39 Å². The minimum atomic E-state index is -0.290. The Morgan fingerprint density at radius 3 is 2.61 bits per heavy atom. The first kappa shape index (κ1) is 13.7. The van der Waals surface area contributed by atoms with E-state index in [1.165, 1.54) is 6.07 Å². The Bertz CT molecular complexity index is 575. The lowest BCUT2D eigenvalue weighted by Crippen LogP contribution is -2.00. The third kappa shape index (κ3) is 3.37. The van der Waals surface area contributed by atoms with Crippen LogP contribution >= 0.6 is 39.1 Å². The minimum absolute atomic E-state index is 0.290. The van der Waals surface area contributed by atoms with Crippen molar-refractivity contribution in [3.63, 3.8) is 0 Å². The highest BCUT2D eigenvalue weighted by Crippen LogP contribution is 2.23. The number of rotatable bonds is 3. The molecule has 94 valence electrons. The molecular weight excluding hydrogens is 340 g/mol. The first-order chi connectivity index (χ1) is 8.56. The predicted molar refractivity (Wildman–Crippen MR) is 77.9 cm³/mol. The second-order valence-corrected chi connectivity index (χ2v) is 5.42. The maximum Gasteiger partial charge on any atom is 0.137 e. The van der Waals surface area contributed by atoms with Crippen molar-refractivity contribution in [3.8, 4) is 0 Å². The van der Waals surface area contributed by atoms with Gasteiger partial charge in [0.1, 0.15) is 5.82 Å². The van der Waals surface area contributed by atoms with Crippen molar-refractivity contribution in [2.24, 2.45) is 0 Å². The molecule has 2 rings (SSSR count). The van der Waals surface area contributed by atoms with Crippen LogP contribution in [-0.4, -0.2) is 0 Å². The Morgan fingerprint density at radius 2 is 1.89 bits per heavy atom. The van der Waals surface area contributed by atoms with E-state index in [-0.39, 0.29) is 5.82 Å². The summed E-state index contributed by atoms with van der Waals surface area (Å²) in [6, 6.07) is 10.0. The summed E-state index contributed by atoms with van der Waals surface area (Å²) in [4.78, 5) is 0. The largest absolute Gasteiger partial charge is 0.381 e. The maximum absolute atomic E-state index is 13.1. The van der Waals surface area contributed by atoms with Gasteiger partial charge in [-0.2, -0.15) is 0 Å². The van der Waals surface area contributed by atoms with Gasteiger partial charge in [0, 0.05) is 22.3 Å². The molecule has 0 aliphatic rings. The highest BCUT2D eigenvalue weighted by atomic mass is 79.9. The van der Waals surface area contributed by atoms with E-state index in [9.17, 15) is 4.39 Å². The van der Waals surface area contributed by atoms with E-state index in [1.807, 2.05) is 0 Å². The Hall–Kier alpha value is -0.770. The van der Waals surface area contributed by atoms with Crippen LogP contribution < -0.4 is 5.32 Å². The molecule has 1 N–H and O–H groups in total. The first-order valence-electron chi connectivity index (χ1n) is 5.19. The van der Waals surface area contributed by atoms with Crippen molar-refractivity contribution in [1.82, 2.24) is 0 Å². The summed E-state index contributed by atoms with van der Waals surface area (Å²) in [6.07, 6.45) is 0. The molecule has 0 aromatic heterocycles. The summed E-state index contributed by atoms with van der Waals surface area (Å²) in [5, 5.41) is 4.44. The molecule has 0 fully saturated rings. The van der Waals surface area contributed by atoms with Gasteiger partial charge in [-0.05, 0) is 57.9 Å². The standard InChI is InChI=1S/C13H9BrCl2FN/c14-11-6-10(2-4-13(11)17)18-7-8-5-9(15)1-3-12(8)16/h1-6,18H,7H2. The van der Waals surface area contributed by atoms with Gasteiger partial charge >= 0.3 is 0 Å². The lowest BCUT2D eigenvalue weighted by molar-refractivity contribution is 0.621. The van der Waals surface area contributed by atoms with E-state index in [2.05, 4.69) is 21.2 Å². The Morgan fingerprint density at radius 1 is 1.11 bits per heavy atom. The van der Waals surface area contributed by atoms with E-state index in [1.54, 1.807) is 30.3 Å². The molecule has 0 saturated carbocycles. The molecule has 5 heteroatoms. The number of benzene rings is 2. The van der Waals surface area contributed by atoms with Gasteiger partial charge in [-0.15, -0.1) is 0 Å². The lowest BCUT2D eigenvalue weighted by atomic mass is 10.2. The smallest absolute Gasteiger partial charge is 0.137 e. The fourth-order valence-electron chi connectivity index (χ4n) is 1.48. The van der Waals surface area contributed by atoms with Crippen molar-refractivity contribution in [2.45, 2.75) is 6.54 Å². The van der Waals surface area contributed by atoms with Gasteiger partial charge in [-0.25, -0.2) is 4.39 Å². The molecule has 0 amide bonds. The highest BCUT2D eigenvalue weighted by molar-refractivity contribution is 9.10. The molecule has 2 aromatic carbocycles. The zero-order chi connectivity index (χ0) is 13.1. The SMILES string of the molecule is Fc1ccc(NCc2cc(Cl)ccc2Cl)cc1Br. The van der Waals surface area contributed by atoms with Crippen molar-refractivity contribution in [3.05, 3.63) is 62.3 Å². The minimum Gasteiger partial charge on any atom is -0.381 e. The van der Waals surface area contributed by atoms with E-state index in [4.69, 9.17) is 23.2 Å². The van der Waals surface area contributed by atoms with Crippen LogP contribution in [0.2, 0.25) is 10.0 Å². The van der Waals surface area contributed by atoms with Crippen LogP contribution in [0.15, 0.2) is 40.9 Å². The predicted octanol–water partition coefficient (Wildman–Crippen LogP) is 5.51. The first-order valence-corrected chi connectivity index (χ1v) is 6.74. The van der Waals surface area contributed by atoms with Crippen LogP contribution in [0, 0.1) is 5.82 Å². The third-order valence-corrected chi connectivity index (χ3v) is 3.62. The molecule has 0 heterocycles. The normalized spacial score (nSPS) is 10.4. The van der Waals surface area contributed by atoms with Crippen LogP contribution in [0.3, 0.4) is 0 Å². The van der Waals surface area contributed by atoms with E-state index < -0.39 is 0 Å². The van der Waals surface area contributed by atoms with E-state index >= 15 is 0 Å². The molecule has 0 spiro atoms. The summed E-state index contributed by atoms with van der Waals surface area (Å²) in [6.45, 7) is 0.525. The zero-order valence-corrected chi connectivity index (χ0v) is 12.3. The molecule has 0 aliphatic heterocycles. The number of hydrogen-bond acceptors (Lipinski definition) is 1. The molecule has 0 atom stereocenters. The summed E-state index contributed by atoms with van der Waals surface area (Å²) in [5.74, 6) is -0.290. The van der Waals surface area contributed by atoms with Crippen molar-refractivity contribution >= 4 is 44.8 Å². The molecule has 2 aromatic rings.